The smallest absolute Gasteiger partial charge is 0.0541 e. The van der Waals surface area contributed by atoms with E-state index < -0.39 is 0 Å². The van der Waals surface area contributed by atoms with Gasteiger partial charge in [0.1, 0.15) is 0 Å². The van der Waals surface area contributed by atoms with Gasteiger partial charge in [-0.2, -0.15) is 0 Å². The third-order valence-corrected chi connectivity index (χ3v) is 21.2. The van der Waals surface area contributed by atoms with Crippen molar-refractivity contribution in [3.05, 3.63) is 388 Å². The molecule has 0 atom stereocenters. The molecule has 20 rings (SSSR count). The monoisotopic (exact) mass is 1290 g/mol. The molecule has 101 heavy (non-hydrogen) atoms. The van der Waals surface area contributed by atoms with Crippen LogP contribution in [0.15, 0.2) is 376 Å². The third-order valence-electron chi connectivity index (χ3n) is 21.2. The number of fused-ring (bicyclic) bond motifs is 13. The largest absolute Gasteiger partial charge is 0.316 e. The average Bonchev–Trinajstić information content (AvgIpc) is 1.59. The Bertz CT molecular complexity index is 5960. The summed E-state index contributed by atoms with van der Waals surface area (Å²) in [6.45, 7) is 4.69. The van der Waals surface area contributed by atoms with Crippen LogP contribution in [-0.2, 0) is 5.41 Å². The van der Waals surface area contributed by atoms with E-state index in [2.05, 4.69) is 409 Å². The first-order valence-corrected chi connectivity index (χ1v) is 35.0. The Morgan fingerprint density at radius 1 is 0.208 bits per heavy atom. The van der Waals surface area contributed by atoms with E-state index in [1.54, 1.807) is 0 Å². The molecule has 0 fully saturated rings. The average molecular weight is 1290 g/mol. The van der Waals surface area contributed by atoms with Crippen LogP contribution in [-0.4, -0.2) is 9.13 Å². The minimum absolute atomic E-state index is 0.0669. The summed E-state index contributed by atoms with van der Waals surface area (Å²) in [5.74, 6) is 0. The predicted octanol–water partition coefficient (Wildman–Crippen LogP) is 26.5. The minimum atomic E-state index is -0.0669. The standard InChI is InChI=1S/C53H38N2.C44H30N2/c1-53(2)49-21-11-10-19-45(49)46-32-31-40(33-50(46)53)55(38-13-4-3-5-14-38)39-29-25-36(26-30-39)35-23-27-37(28-24-35)54-34-48-44-18-9-7-16-42(44)41-15-6-8-17-43(41)47-20-12-22-51(54)52(47)48;1-3-12-34(13-4-1)46(35-14-5-2-6-15-35)36-28-24-32(25-29-36)31-22-26-33(27-23-31)45-30-42-40-19-10-8-17-38(40)37-16-7-9-18-39(37)41-20-11-21-43(45)44(41)42/h3-34H,1-2H3;1-30H. The Morgan fingerprint density at radius 2 is 0.485 bits per heavy atom. The van der Waals surface area contributed by atoms with Gasteiger partial charge < -0.3 is 18.9 Å². The highest BCUT2D eigenvalue weighted by Crippen LogP contribution is 2.53. The van der Waals surface area contributed by atoms with E-state index in [0.717, 1.165) is 45.5 Å². The fraction of sp³-hybridized carbons (Fsp3) is 0.0309. The lowest BCUT2D eigenvalue weighted by atomic mass is 9.82. The number of hydrogen-bond donors (Lipinski definition) is 0. The van der Waals surface area contributed by atoms with Crippen molar-refractivity contribution in [2.75, 3.05) is 9.80 Å². The number of nitrogens with zero attached hydrogens (tertiary/aromatic N) is 4. The molecule has 0 spiro atoms. The highest BCUT2D eigenvalue weighted by Gasteiger charge is 2.36. The molecule has 3 aliphatic carbocycles. The van der Waals surface area contributed by atoms with Gasteiger partial charge in [-0.3, -0.25) is 0 Å². The maximum absolute atomic E-state index is 2.40. The van der Waals surface area contributed by atoms with Gasteiger partial charge >= 0.3 is 0 Å². The molecule has 0 bridgehead atoms. The first-order chi connectivity index (χ1) is 49.9. The van der Waals surface area contributed by atoms with E-state index in [-0.39, 0.29) is 5.41 Å². The number of aromatic nitrogens is 2. The van der Waals surface area contributed by atoms with Crippen LogP contribution < -0.4 is 9.80 Å². The molecule has 0 unspecified atom stereocenters. The molecule has 2 heterocycles. The maximum atomic E-state index is 2.40. The van der Waals surface area contributed by atoms with Crippen molar-refractivity contribution >= 4 is 55.9 Å². The molecule has 17 aromatic rings. The summed E-state index contributed by atoms with van der Waals surface area (Å²) in [4.78, 5) is 4.67. The molecule has 0 saturated heterocycles. The van der Waals surface area contributed by atoms with E-state index in [0.29, 0.717) is 0 Å². The van der Waals surface area contributed by atoms with E-state index >= 15 is 0 Å². The Labute approximate surface area is 589 Å². The Hall–Kier alpha value is -13.0. The van der Waals surface area contributed by atoms with Gasteiger partial charge in [0.25, 0.3) is 0 Å². The first kappa shape index (κ1) is 59.3. The van der Waals surface area contributed by atoms with E-state index in [4.69, 9.17) is 0 Å². The number of hydrogen-bond acceptors (Lipinski definition) is 2. The summed E-state index contributed by atoms with van der Waals surface area (Å²) in [7, 11) is 0. The molecule has 3 aliphatic rings. The summed E-state index contributed by atoms with van der Waals surface area (Å²) < 4.78 is 4.71. The number of anilines is 6. The van der Waals surface area contributed by atoms with Crippen LogP contribution in [0.4, 0.5) is 34.1 Å². The highest BCUT2D eigenvalue weighted by atomic mass is 15.1. The van der Waals surface area contributed by atoms with Crippen molar-refractivity contribution in [2.45, 2.75) is 19.3 Å². The molecular weight excluding hydrogens is 1220 g/mol. The Balaban J connectivity index is 0.000000142. The van der Waals surface area contributed by atoms with Gasteiger partial charge in [-0.25, -0.2) is 0 Å². The zero-order chi connectivity index (χ0) is 67.1. The topological polar surface area (TPSA) is 16.3 Å². The molecule has 4 nitrogen and oxygen atoms in total. The summed E-state index contributed by atoms with van der Waals surface area (Å²) in [5.41, 5.74) is 37.1. The van der Waals surface area contributed by atoms with Gasteiger partial charge in [-0.05, 0) is 209 Å². The first-order valence-electron chi connectivity index (χ1n) is 35.0. The lowest BCUT2D eigenvalue weighted by Crippen LogP contribution is -2.16. The van der Waals surface area contributed by atoms with Crippen LogP contribution in [0.1, 0.15) is 25.0 Å². The van der Waals surface area contributed by atoms with Gasteiger partial charge in [0, 0.05) is 85.2 Å². The van der Waals surface area contributed by atoms with Crippen LogP contribution in [0.3, 0.4) is 0 Å². The minimum Gasteiger partial charge on any atom is -0.316 e. The van der Waals surface area contributed by atoms with Crippen molar-refractivity contribution in [2.24, 2.45) is 0 Å². The van der Waals surface area contributed by atoms with Gasteiger partial charge in [0.15, 0.2) is 0 Å². The van der Waals surface area contributed by atoms with E-state index in [1.807, 2.05) is 0 Å². The molecule has 0 amide bonds. The predicted molar refractivity (Wildman–Crippen MR) is 424 cm³/mol. The molecule has 2 aromatic heterocycles. The van der Waals surface area contributed by atoms with Crippen molar-refractivity contribution < 1.29 is 0 Å². The highest BCUT2D eigenvalue weighted by molar-refractivity contribution is 6.15. The molecule has 476 valence electrons. The third kappa shape index (κ3) is 9.97. The molecule has 0 aliphatic heterocycles. The summed E-state index contributed by atoms with van der Waals surface area (Å²) in [6, 6.07) is 132. The molecule has 0 N–H and O–H groups in total. The van der Waals surface area contributed by atoms with Crippen molar-refractivity contribution in [3.8, 4) is 112 Å². The maximum Gasteiger partial charge on any atom is 0.0541 e. The van der Waals surface area contributed by atoms with Crippen LogP contribution >= 0.6 is 0 Å². The van der Waals surface area contributed by atoms with Crippen molar-refractivity contribution in [1.29, 1.82) is 0 Å². The molecule has 0 radical (unpaired) electrons. The molecule has 4 heteroatoms. The normalized spacial score (nSPS) is 12.3. The van der Waals surface area contributed by atoms with Gasteiger partial charge in [-0.1, -0.05) is 269 Å². The van der Waals surface area contributed by atoms with Crippen molar-refractivity contribution in [3.63, 3.8) is 0 Å². The number of rotatable bonds is 10. The van der Waals surface area contributed by atoms with Gasteiger partial charge in [-0.15, -0.1) is 0 Å². The number of benzene rings is 15. The van der Waals surface area contributed by atoms with Gasteiger partial charge in [0.2, 0.25) is 0 Å². The lowest BCUT2D eigenvalue weighted by molar-refractivity contribution is 0.660. The quantitative estimate of drug-likeness (QED) is 0.136. The molecular formula is C97H68N4. The van der Waals surface area contributed by atoms with Crippen LogP contribution in [0.25, 0.3) is 133 Å². The second-order valence-electron chi connectivity index (χ2n) is 27.2. The zero-order valence-electron chi connectivity index (χ0n) is 56.1. The molecule has 0 saturated carbocycles. The van der Waals surface area contributed by atoms with Crippen molar-refractivity contribution in [1.82, 2.24) is 9.13 Å². The Kier molecular flexibility index (Phi) is 14.2. The zero-order valence-corrected chi connectivity index (χ0v) is 56.1. The van der Waals surface area contributed by atoms with Crippen LogP contribution in [0.2, 0.25) is 0 Å². The van der Waals surface area contributed by atoms with E-state index in [9.17, 15) is 0 Å². The summed E-state index contributed by atoms with van der Waals surface area (Å²) in [6.07, 6.45) is 4.66. The SMILES string of the molecule is CC1(C)c2ccccc2-c2ccc(N(c3ccccc3)c3ccc(-c4ccc(-n5cc6c7c(cccc75)-c5ccccc5-c5ccccc5-6)cc4)cc3)cc21.c1ccc(N(c2ccccc2)c2ccc(-c3ccc(-n4cc5c6c(cccc64)-c4ccccc4-c4ccccc4-5)cc3)cc2)cc1. The number of para-hydroxylation sites is 3. The fourth-order valence-corrected chi connectivity index (χ4v) is 16.4. The second-order valence-corrected chi connectivity index (χ2v) is 27.2. The van der Waals surface area contributed by atoms with E-state index in [1.165, 1.54) is 133 Å². The lowest BCUT2D eigenvalue weighted by Gasteiger charge is -2.28. The van der Waals surface area contributed by atoms with Crippen LogP contribution in [0.5, 0.6) is 0 Å². The summed E-state index contributed by atoms with van der Waals surface area (Å²) >= 11 is 0. The van der Waals surface area contributed by atoms with Gasteiger partial charge in [0.05, 0.1) is 11.0 Å². The van der Waals surface area contributed by atoms with Crippen LogP contribution in [0, 0.1) is 0 Å². The fourth-order valence-electron chi connectivity index (χ4n) is 16.4. The Morgan fingerprint density at radius 3 is 0.871 bits per heavy atom. The second kappa shape index (κ2) is 24.2. The summed E-state index contributed by atoms with van der Waals surface area (Å²) in [5, 5.41) is 2.61. The molecule has 15 aromatic carbocycles.